The Hall–Kier alpha value is -1.09. The minimum absolute atomic E-state index is 0.946. The van der Waals surface area contributed by atoms with Crippen LogP contribution in [-0.2, 0) is 13.5 Å². The van der Waals surface area contributed by atoms with E-state index in [9.17, 15) is 0 Å². The molecule has 0 amide bonds. The molecule has 0 atom stereocenters. The molecule has 12 heavy (non-hydrogen) atoms. The van der Waals surface area contributed by atoms with Gasteiger partial charge in [0.2, 0.25) is 0 Å². The van der Waals surface area contributed by atoms with Crippen LogP contribution >= 0.6 is 11.3 Å². The van der Waals surface area contributed by atoms with E-state index in [1.54, 1.807) is 11.3 Å². The predicted molar refractivity (Wildman–Crippen MR) is 50.3 cm³/mol. The molecule has 0 saturated heterocycles. The first-order chi connectivity index (χ1) is 5.86. The van der Waals surface area contributed by atoms with Crippen molar-refractivity contribution in [1.29, 1.82) is 0 Å². The Kier molecular flexibility index (Phi) is 1.96. The van der Waals surface area contributed by atoms with Crippen LogP contribution in [0.15, 0.2) is 29.9 Å². The lowest BCUT2D eigenvalue weighted by Gasteiger charge is -1.97. The van der Waals surface area contributed by atoms with Gasteiger partial charge in [0.25, 0.3) is 0 Å². The second kappa shape index (κ2) is 3.11. The third kappa shape index (κ3) is 1.41. The van der Waals surface area contributed by atoms with Crippen LogP contribution in [0.1, 0.15) is 10.7 Å². The molecule has 62 valence electrons. The van der Waals surface area contributed by atoms with Crippen molar-refractivity contribution in [1.82, 2.24) is 9.55 Å². The van der Waals surface area contributed by atoms with Crippen LogP contribution in [0.2, 0.25) is 0 Å². The molecule has 2 aromatic rings. The fourth-order valence-electron chi connectivity index (χ4n) is 1.14. The third-order valence-electron chi connectivity index (χ3n) is 1.83. The van der Waals surface area contributed by atoms with Crippen LogP contribution in [0, 0.1) is 0 Å². The van der Waals surface area contributed by atoms with Crippen molar-refractivity contribution in [3.63, 3.8) is 0 Å². The van der Waals surface area contributed by atoms with Crippen molar-refractivity contribution in [2.75, 3.05) is 0 Å². The van der Waals surface area contributed by atoms with E-state index in [1.807, 2.05) is 19.4 Å². The molecule has 3 heteroatoms. The summed E-state index contributed by atoms with van der Waals surface area (Å²) in [6.45, 7) is 0. The molecule has 0 unspecified atom stereocenters. The molecule has 0 bridgehead atoms. The van der Waals surface area contributed by atoms with Gasteiger partial charge in [0.1, 0.15) is 5.82 Å². The topological polar surface area (TPSA) is 17.8 Å². The second-order valence-corrected chi connectivity index (χ2v) is 3.74. The van der Waals surface area contributed by atoms with Gasteiger partial charge in [-0.2, -0.15) is 0 Å². The summed E-state index contributed by atoms with van der Waals surface area (Å²) in [5, 5.41) is 2.10. The van der Waals surface area contributed by atoms with Crippen LogP contribution in [0.4, 0.5) is 0 Å². The minimum Gasteiger partial charge on any atom is -0.338 e. The molecule has 2 heterocycles. The Morgan fingerprint density at radius 2 is 2.50 bits per heavy atom. The summed E-state index contributed by atoms with van der Waals surface area (Å²) in [6.07, 6.45) is 4.76. The number of thiophene rings is 1. The summed E-state index contributed by atoms with van der Waals surface area (Å²) in [4.78, 5) is 5.63. The fraction of sp³-hybridized carbons (Fsp3) is 0.222. The molecule has 0 spiro atoms. The zero-order valence-electron chi connectivity index (χ0n) is 6.90. The molecular weight excluding hydrogens is 168 g/mol. The van der Waals surface area contributed by atoms with E-state index < -0.39 is 0 Å². The van der Waals surface area contributed by atoms with Gasteiger partial charge in [-0.25, -0.2) is 4.98 Å². The Bertz CT molecular complexity index is 348. The summed E-state index contributed by atoms with van der Waals surface area (Å²) >= 11 is 1.78. The van der Waals surface area contributed by atoms with Gasteiger partial charge >= 0.3 is 0 Å². The minimum atomic E-state index is 0.946. The lowest BCUT2D eigenvalue weighted by atomic mass is 10.3. The highest BCUT2D eigenvalue weighted by Gasteiger charge is 2.00. The number of imidazole rings is 1. The van der Waals surface area contributed by atoms with Crippen molar-refractivity contribution in [3.8, 4) is 0 Å². The molecule has 0 saturated carbocycles. The fourth-order valence-corrected chi connectivity index (χ4v) is 1.84. The van der Waals surface area contributed by atoms with Crippen molar-refractivity contribution in [3.05, 3.63) is 40.6 Å². The van der Waals surface area contributed by atoms with Crippen LogP contribution in [-0.4, -0.2) is 9.55 Å². The first-order valence-corrected chi connectivity index (χ1v) is 4.73. The monoisotopic (exact) mass is 178 g/mol. The van der Waals surface area contributed by atoms with E-state index in [1.165, 1.54) is 4.88 Å². The Morgan fingerprint density at radius 3 is 3.08 bits per heavy atom. The lowest BCUT2D eigenvalue weighted by molar-refractivity contribution is 0.826. The van der Waals surface area contributed by atoms with Gasteiger partial charge in [0, 0.05) is 30.7 Å². The maximum absolute atomic E-state index is 4.26. The highest BCUT2D eigenvalue weighted by atomic mass is 32.1. The van der Waals surface area contributed by atoms with Gasteiger partial charge in [-0.15, -0.1) is 11.3 Å². The second-order valence-electron chi connectivity index (χ2n) is 2.71. The van der Waals surface area contributed by atoms with Gasteiger partial charge in [0.15, 0.2) is 0 Å². The Balaban J connectivity index is 2.20. The molecular formula is C9H10N2S. The van der Waals surface area contributed by atoms with Gasteiger partial charge in [-0.05, 0) is 11.4 Å². The molecule has 0 fully saturated rings. The molecule has 0 aromatic carbocycles. The summed E-state index contributed by atoms with van der Waals surface area (Å²) < 4.78 is 2.06. The van der Waals surface area contributed by atoms with Gasteiger partial charge in [0.05, 0.1) is 0 Å². The van der Waals surface area contributed by atoms with E-state index in [0.29, 0.717) is 0 Å². The third-order valence-corrected chi connectivity index (χ3v) is 2.71. The van der Waals surface area contributed by atoms with Crippen molar-refractivity contribution >= 4 is 11.3 Å². The van der Waals surface area contributed by atoms with Crippen molar-refractivity contribution < 1.29 is 0 Å². The number of aryl methyl sites for hydroxylation is 1. The Labute approximate surface area is 75.5 Å². The van der Waals surface area contributed by atoms with Crippen LogP contribution < -0.4 is 0 Å². The first kappa shape index (κ1) is 7.55. The zero-order valence-corrected chi connectivity index (χ0v) is 7.71. The summed E-state index contributed by atoms with van der Waals surface area (Å²) in [5.74, 6) is 1.12. The Morgan fingerprint density at radius 1 is 1.58 bits per heavy atom. The normalized spacial score (nSPS) is 10.4. The molecule has 0 aliphatic rings. The van der Waals surface area contributed by atoms with Gasteiger partial charge < -0.3 is 4.57 Å². The molecule has 0 N–H and O–H groups in total. The lowest BCUT2D eigenvalue weighted by Crippen LogP contribution is -1.96. The number of nitrogens with zero attached hydrogens (tertiary/aromatic N) is 2. The van der Waals surface area contributed by atoms with E-state index in [-0.39, 0.29) is 0 Å². The SMILES string of the molecule is Cn1ccnc1Cc1cccs1. The molecule has 2 aromatic heterocycles. The van der Waals surface area contributed by atoms with Crippen LogP contribution in [0.3, 0.4) is 0 Å². The number of hydrogen-bond acceptors (Lipinski definition) is 2. The van der Waals surface area contributed by atoms with Crippen molar-refractivity contribution in [2.24, 2.45) is 7.05 Å². The first-order valence-electron chi connectivity index (χ1n) is 3.85. The van der Waals surface area contributed by atoms with Crippen molar-refractivity contribution in [2.45, 2.75) is 6.42 Å². The van der Waals surface area contributed by atoms with E-state index in [0.717, 1.165) is 12.2 Å². The predicted octanol–water partition coefficient (Wildman–Crippen LogP) is 2.07. The standard InChI is InChI=1S/C9H10N2S/c1-11-5-4-10-9(11)7-8-3-2-6-12-8/h2-6H,7H2,1H3. The molecule has 2 nitrogen and oxygen atoms in total. The van der Waals surface area contributed by atoms with Gasteiger partial charge in [-0.1, -0.05) is 6.07 Å². The maximum atomic E-state index is 4.26. The van der Waals surface area contributed by atoms with E-state index in [4.69, 9.17) is 0 Å². The molecule has 2 rings (SSSR count). The van der Waals surface area contributed by atoms with E-state index in [2.05, 4.69) is 27.1 Å². The number of aromatic nitrogens is 2. The number of hydrogen-bond donors (Lipinski definition) is 0. The highest BCUT2D eigenvalue weighted by molar-refractivity contribution is 7.09. The average molecular weight is 178 g/mol. The summed E-state index contributed by atoms with van der Waals surface area (Å²) in [6, 6.07) is 4.21. The molecule has 0 radical (unpaired) electrons. The summed E-state index contributed by atoms with van der Waals surface area (Å²) in [5.41, 5.74) is 0. The average Bonchev–Trinajstić information content (AvgIpc) is 2.65. The quantitative estimate of drug-likeness (QED) is 0.688. The van der Waals surface area contributed by atoms with Gasteiger partial charge in [-0.3, -0.25) is 0 Å². The largest absolute Gasteiger partial charge is 0.338 e. The van der Waals surface area contributed by atoms with E-state index >= 15 is 0 Å². The van der Waals surface area contributed by atoms with Crippen LogP contribution in [0.5, 0.6) is 0 Å². The number of rotatable bonds is 2. The molecule has 0 aliphatic heterocycles. The molecule has 0 aliphatic carbocycles. The highest BCUT2D eigenvalue weighted by Crippen LogP contribution is 2.12. The van der Waals surface area contributed by atoms with Crippen LogP contribution in [0.25, 0.3) is 0 Å². The summed E-state index contributed by atoms with van der Waals surface area (Å²) in [7, 11) is 2.02. The smallest absolute Gasteiger partial charge is 0.113 e. The zero-order chi connectivity index (χ0) is 8.39. The maximum Gasteiger partial charge on any atom is 0.113 e.